The van der Waals surface area contributed by atoms with Crippen molar-refractivity contribution in [2.75, 3.05) is 23.0 Å². The highest BCUT2D eigenvalue weighted by molar-refractivity contribution is 7.91. The molecule has 7 nitrogen and oxygen atoms in total. The maximum Gasteiger partial charge on any atom is 0.410 e. The van der Waals surface area contributed by atoms with Crippen LogP contribution in [0.1, 0.15) is 39.7 Å². The van der Waals surface area contributed by atoms with Crippen molar-refractivity contribution in [1.82, 2.24) is 4.90 Å². The fourth-order valence-electron chi connectivity index (χ4n) is 3.71. The molecule has 0 aromatic heterocycles. The largest absolute Gasteiger partial charge is 0.444 e. The summed E-state index contributed by atoms with van der Waals surface area (Å²) in [7, 11) is -3.24. The van der Waals surface area contributed by atoms with Crippen LogP contribution in [0.3, 0.4) is 0 Å². The summed E-state index contributed by atoms with van der Waals surface area (Å²) in [6, 6.07) is 3.70. The Hall–Kier alpha value is -2.16. The molecule has 2 heterocycles. The van der Waals surface area contributed by atoms with Gasteiger partial charge in [-0.05, 0) is 51.8 Å². The summed E-state index contributed by atoms with van der Waals surface area (Å²) in [5, 5.41) is 0. The van der Waals surface area contributed by atoms with Gasteiger partial charge in [0.2, 0.25) is 5.91 Å². The smallest absolute Gasteiger partial charge is 0.410 e. The monoisotopic (exact) mass is 426 g/mol. The van der Waals surface area contributed by atoms with E-state index in [4.69, 9.17) is 4.74 Å². The van der Waals surface area contributed by atoms with Crippen LogP contribution in [0.5, 0.6) is 0 Å². The molecule has 3 rings (SSSR count). The number of carbonyl (C=O) groups is 2. The van der Waals surface area contributed by atoms with Gasteiger partial charge in [-0.25, -0.2) is 17.6 Å². The van der Waals surface area contributed by atoms with Crippen LogP contribution in [-0.2, 0) is 25.9 Å². The van der Waals surface area contributed by atoms with Crippen LogP contribution >= 0.6 is 0 Å². The highest BCUT2D eigenvalue weighted by Gasteiger charge is 2.39. The van der Waals surface area contributed by atoms with E-state index >= 15 is 0 Å². The number of ether oxygens (including phenoxy) is 1. The van der Waals surface area contributed by atoms with E-state index in [0.29, 0.717) is 11.3 Å². The van der Waals surface area contributed by atoms with E-state index < -0.39 is 39.3 Å². The topological polar surface area (TPSA) is 84.0 Å². The summed E-state index contributed by atoms with van der Waals surface area (Å²) in [6.45, 7) is 7.40. The van der Waals surface area contributed by atoms with E-state index in [1.165, 1.54) is 21.9 Å². The molecule has 2 atom stereocenters. The van der Waals surface area contributed by atoms with Crippen molar-refractivity contribution >= 4 is 27.5 Å². The Bertz CT molecular complexity index is 925. The molecule has 0 spiro atoms. The van der Waals surface area contributed by atoms with Gasteiger partial charge >= 0.3 is 6.09 Å². The van der Waals surface area contributed by atoms with E-state index in [0.717, 1.165) is 0 Å². The first-order valence-electron chi connectivity index (χ1n) is 9.66. The molecule has 0 radical (unpaired) electrons. The van der Waals surface area contributed by atoms with Crippen LogP contribution in [-0.4, -0.2) is 55.0 Å². The summed E-state index contributed by atoms with van der Waals surface area (Å²) < 4.78 is 43.2. The highest BCUT2D eigenvalue weighted by atomic mass is 32.2. The molecular formula is C20H27FN2O5S. The molecule has 1 fully saturated rings. The van der Waals surface area contributed by atoms with Crippen molar-refractivity contribution < 1.29 is 27.1 Å². The van der Waals surface area contributed by atoms with Crippen molar-refractivity contribution in [3.63, 3.8) is 0 Å². The molecule has 0 N–H and O–H groups in total. The summed E-state index contributed by atoms with van der Waals surface area (Å²) in [6.07, 6.45) is -0.259. The number of halogens is 1. The molecule has 0 unspecified atom stereocenters. The average molecular weight is 427 g/mol. The second kappa shape index (κ2) is 7.59. The SMILES string of the molecule is C[C@@H]1CN(C(=O)[C@H]2CCS(=O)(=O)C2)c2cc(F)ccc2CN1C(=O)OC(C)(C)C. The minimum absolute atomic E-state index is 0.0210. The van der Waals surface area contributed by atoms with E-state index in [1.807, 2.05) is 0 Å². The van der Waals surface area contributed by atoms with Gasteiger partial charge in [-0.1, -0.05) is 6.07 Å². The fourth-order valence-corrected chi connectivity index (χ4v) is 5.44. The first-order chi connectivity index (χ1) is 13.4. The second-order valence-corrected chi connectivity index (χ2v) is 11.0. The summed E-state index contributed by atoms with van der Waals surface area (Å²) in [5.74, 6) is -1.73. The Balaban J connectivity index is 1.94. The van der Waals surface area contributed by atoms with Crippen molar-refractivity contribution in [2.45, 2.75) is 52.3 Å². The summed E-state index contributed by atoms with van der Waals surface area (Å²) in [4.78, 5) is 28.8. The predicted octanol–water partition coefficient (Wildman–Crippen LogP) is 2.73. The number of anilines is 1. The third-order valence-electron chi connectivity index (χ3n) is 5.13. The molecule has 2 aliphatic rings. The van der Waals surface area contributed by atoms with E-state index in [-0.39, 0.29) is 36.9 Å². The van der Waals surface area contributed by atoms with E-state index in [2.05, 4.69) is 0 Å². The molecular weight excluding hydrogens is 399 g/mol. The number of amides is 2. The Labute approximate surface area is 170 Å². The first-order valence-corrected chi connectivity index (χ1v) is 11.5. The summed E-state index contributed by atoms with van der Waals surface area (Å²) in [5.41, 5.74) is 0.302. The molecule has 2 aliphatic heterocycles. The Kier molecular flexibility index (Phi) is 5.64. The third-order valence-corrected chi connectivity index (χ3v) is 6.90. The highest BCUT2D eigenvalue weighted by Crippen LogP contribution is 2.32. The number of rotatable bonds is 1. The van der Waals surface area contributed by atoms with E-state index in [9.17, 15) is 22.4 Å². The molecule has 0 saturated carbocycles. The van der Waals surface area contributed by atoms with Crippen molar-refractivity contribution in [2.24, 2.45) is 5.92 Å². The van der Waals surface area contributed by atoms with Gasteiger partial charge in [0.15, 0.2) is 9.84 Å². The van der Waals surface area contributed by atoms with Crippen LogP contribution < -0.4 is 4.90 Å². The molecule has 0 bridgehead atoms. The zero-order valence-corrected chi connectivity index (χ0v) is 18.0. The fraction of sp³-hybridized carbons (Fsp3) is 0.600. The zero-order chi connectivity index (χ0) is 21.6. The predicted molar refractivity (Wildman–Crippen MR) is 107 cm³/mol. The van der Waals surface area contributed by atoms with Gasteiger partial charge < -0.3 is 9.64 Å². The number of hydrogen-bond donors (Lipinski definition) is 0. The van der Waals surface area contributed by atoms with Gasteiger partial charge in [0.25, 0.3) is 0 Å². The van der Waals surface area contributed by atoms with Gasteiger partial charge in [-0.2, -0.15) is 0 Å². The van der Waals surface area contributed by atoms with Crippen LogP contribution in [0.15, 0.2) is 18.2 Å². The minimum atomic E-state index is -3.24. The minimum Gasteiger partial charge on any atom is -0.444 e. The van der Waals surface area contributed by atoms with E-state index in [1.54, 1.807) is 33.8 Å². The number of benzene rings is 1. The second-order valence-electron chi connectivity index (χ2n) is 8.78. The van der Waals surface area contributed by atoms with Gasteiger partial charge in [-0.15, -0.1) is 0 Å². The standard InChI is InChI=1S/C20H27FN2O5S/c1-13-10-23(18(24)15-7-8-29(26,27)12-15)17-9-16(21)6-5-14(17)11-22(13)19(25)28-20(2,3)4/h5-6,9,13,15H,7-8,10-12H2,1-4H3/t13-,15+/m1/s1. The van der Waals surface area contributed by atoms with Crippen LogP contribution in [0.4, 0.5) is 14.9 Å². The van der Waals surface area contributed by atoms with Crippen molar-refractivity contribution in [3.8, 4) is 0 Å². The maximum atomic E-state index is 14.0. The van der Waals surface area contributed by atoms with Gasteiger partial charge in [0.1, 0.15) is 11.4 Å². The third kappa shape index (κ3) is 4.88. The lowest BCUT2D eigenvalue weighted by Crippen LogP contribution is -2.47. The van der Waals surface area contributed by atoms with Gasteiger partial charge in [-0.3, -0.25) is 9.69 Å². The number of sulfone groups is 1. The van der Waals surface area contributed by atoms with Crippen LogP contribution in [0.2, 0.25) is 0 Å². The molecule has 2 amide bonds. The number of fused-ring (bicyclic) bond motifs is 1. The van der Waals surface area contributed by atoms with Crippen LogP contribution in [0, 0.1) is 11.7 Å². The van der Waals surface area contributed by atoms with Crippen LogP contribution in [0.25, 0.3) is 0 Å². The number of nitrogens with zero attached hydrogens (tertiary/aromatic N) is 2. The van der Waals surface area contributed by atoms with Crippen molar-refractivity contribution in [3.05, 3.63) is 29.6 Å². The number of carbonyl (C=O) groups excluding carboxylic acids is 2. The average Bonchev–Trinajstić information content (AvgIpc) is 2.88. The Morgan fingerprint density at radius 1 is 1.24 bits per heavy atom. The summed E-state index contributed by atoms with van der Waals surface area (Å²) >= 11 is 0. The zero-order valence-electron chi connectivity index (χ0n) is 17.1. The lowest BCUT2D eigenvalue weighted by Gasteiger charge is -2.31. The molecule has 1 aromatic rings. The number of hydrogen-bond acceptors (Lipinski definition) is 5. The molecule has 1 saturated heterocycles. The van der Waals surface area contributed by atoms with Gasteiger partial charge in [0, 0.05) is 6.54 Å². The normalized spacial score (nSPS) is 24.0. The quantitative estimate of drug-likeness (QED) is 0.690. The molecule has 1 aromatic carbocycles. The van der Waals surface area contributed by atoms with Gasteiger partial charge in [0.05, 0.1) is 35.7 Å². The van der Waals surface area contributed by atoms with Crippen molar-refractivity contribution in [1.29, 1.82) is 0 Å². The molecule has 9 heteroatoms. The first kappa shape index (κ1) is 21.5. The lowest BCUT2D eigenvalue weighted by molar-refractivity contribution is -0.121. The lowest BCUT2D eigenvalue weighted by atomic mass is 10.1. The molecule has 0 aliphatic carbocycles. The molecule has 160 valence electrons. The Morgan fingerprint density at radius 2 is 1.93 bits per heavy atom. The molecule has 29 heavy (non-hydrogen) atoms. The maximum absolute atomic E-state index is 14.0. The Morgan fingerprint density at radius 3 is 2.52 bits per heavy atom.